The molecule has 2 aromatic rings. The Morgan fingerprint density at radius 3 is 2.12 bits per heavy atom. The van der Waals surface area contributed by atoms with Crippen LogP contribution in [-0.2, 0) is 20.5 Å². The second-order valence-electron chi connectivity index (χ2n) is 6.83. The van der Waals surface area contributed by atoms with Crippen molar-refractivity contribution in [3.63, 3.8) is 0 Å². The number of carboxylic acid groups (broad SMARTS) is 1. The van der Waals surface area contributed by atoms with Crippen molar-refractivity contribution >= 4 is 23.5 Å². The minimum Gasteiger partial charge on any atom is -0.480 e. The smallest absolute Gasteiger partial charge is 0.416 e. The van der Waals surface area contributed by atoms with Gasteiger partial charge in [0.25, 0.3) is 11.6 Å². The summed E-state index contributed by atoms with van der Waals surface area (Å²) in [7, 11) is 0. The molecule has 9 nitrogen and oxygen atoms in total. The zero-order chi connectivity index (χ0) is 24.8. The van der Waals surface area contributed by atoms with E-state index in [1.54, 1.807) is 6.92 Å². The van der Waals surface area contributed by atoms with Crippen molar-refractivity contribution in [1.82, 2.24) is 5.32 Å². The van der Waals surface area contributed by atoms with Crippen molar-refractivity contribution in [2.24, 2.45) is 0 Å². The fourth-order valence-corrected chi connectivity index (χ4v) is 3.04. The molecule has 0 aromatic heterocycles. The second-order valence-corrected chi connectivity index (χ2v) is 6.83. The average molecular weight is 468 g/mol. The first-order valence-electron chi connectivity index (χ1n) is 9.55. The molecule has 0 fully saturated rings. The number of benzene rings is 2. The van der Waals surface area contributed by atoms with Gasteiger partial charge in [0.1, 0.15) is 6.04 Å². The largest absolute Gasteiger partial charge is 0.480 e. The number of esters is 1. The standard InChI is InChI=1S/C21H19F3N2O7/c1-2-33-17(27)11-16(12-5-9-15(10-6-12)26(31)32)18(20(29)30)25-19(28)13-3-7-14(8-4-13)21(22,23)24/h3-10,16,18H,2,11H2,1H3,(H,25,28)(H,29,30)/t16-,18-/m0/s1. The van der Waals surface area contributed by atoms with Crippen LogP contribution in [0.2, 0.25) is 0 Å². The molecule has 0 radical (unpaired) electrons. The molecule has 2 atom stereocenters. The number of nitro groups is 1. The number of non-ortho nitro benzene ring substituents is 1. The molecule has 0 aliphatic carbocycles. The molecule has 12 heteroatoms. The summed E-state index contributed by atoms with van der Waals surface area (Å²) in [6.45, 7) is 1.56. The third kappa shape index (κ3) is 6.76. The summed E-state index contributed by atoms with van der Waals surface area (Å²) in [6, 6.07) is 6.19. The van der Waals surface area contributed by atoms with Crippen LogP contribution in [0.15, 0.2) is 48.5 Å². The highest BCUT2D eigenvalue weighted by molar-refractivity contribution is 5.97. The molecule has 0 bridgehead atoms. The highest BCUT2D eigenvalue weighted by Crippen LogP contribution is 2.30. The topological polar surface area (TPSA) is 136 Å². The molecular weight excluding hydrogens is 449 g/mol. The van der Waals surface area contributed by atoms with Crippen LogP contribution in [0.5, 0.6) is 0 Å². The Balaban J connectivity index is 2.35. The summed E-state index contributed by atoms with van der Waals surface area (Å²) in [5, 5.41) is 22.8. The highest BCUT2D eigenvalue weighted by Gasteiger charge is 2.34. The van der Waals surface area contributed by atoms with Crippen LogP contribution < -0.4 is 5.32 Å². The number of alkyl halides is 3. The molecular formula is C21H19F3N2O7. The average Bonchev–Trinajstić information content (AvgIpc) is 2.75. The molecule has 2 rings (SSSR count). The van der Waals surface area contributed by atoms with Gasteiger partial charge >= 0.3 is 18.1 Å². The molecule has 0 unspecified atom stereocenters. The van der Waals surface area contributed by atoms with Crippen LogP contribution in [0.1, 0.15) is 40.7 Å². The van der Waals surface area contributed by atoms with Gasteiger partial charge in [-0.25, -0.2) is 4.79 Å². The lowest BCUT2D eigenvalue weighted by atomic mass is 9.88. The third-order valence-corrected chi connectivity index (χ3v) is 4.65. The van der Waals surface area contributed by atoms with E-state index in [1.807, 2.05) is 0 Å². The molecule has 0 spiro atoms. The van der Waals surface area contributed by atoms with Gasteiger partial charge in [-0.3, -0.25) is 19.7 Å². The molecule has 33 heavy (non-hydrogen) atoms. The number of nitro benzene ring substituents is 1. The number of amides is 1. The Bertz CT molecular complexity index is 1020. The molecule has 1 amide bonds. The van der Waals surface area contributed by atoms with Crippen molar-refractivity contribution in [1.29, 1.82) is 0 Å². The zero-order valence-electron chi connectivity index (χ0n) is 17.2. The van der Waals surface area contributed by atoms with Crippen molar-refractivity contribution in [2.45, 2.75) is 31.5 Å². The van der Waals surface area contributed by atoms with Crippen LogP contribution in [0.4, 0.5) is 18.9 Å². The maximum Gasteiger partial charge on any atom is 0.416 e. The van der Waals surface area contributed by atoms with Gasteiger partial charge in [0.05, 0.1) is 23.5 Å². The molecule has 0 saturated heterocycles. The van der Waals surface area contributed by atoms with E-state index < -0.39 is 52.9 Å². The lowest BCUT2D eigenvalue weighted by Crippen LogP contribution is -2.45. The first kappa shape index (κ1) is 25.3. The van der Waals surface area contributed by atoms with E-state index in [0.29, 0.717) is 12.1 Å². The molecule has 2 N–H and O–H groups in total. The fraction of sp³-hybridized carbons (Fsp3) is 0.286. The second kappa shape index (κ2) is 10.6. The first-order chi connectivity index (χ1) is 15.4. The third-order valence-electron chi connectivity index (χ3n) is 4.65. The van der Waals surface area contributed by atoms with E-state index in [-0.39, 0.29) is 23.4 Å². The van der Waals surface area contributed by atoms with Gasteiger partial charge in [0.15, 0.2) is 0 Å². The SMILES string of the molecule is CCOC(=O)C[C@@H](c1ccc([N+](=O)[O-])cc1)[C@H](NC(=O)c1ccc(C(F)(F)F)cc1)C(=O)O. The maximum absolute atomic E-state index is 12.7. The number of hydrogen-bond acceptors (Lipinski definition) is 6. The monoisotopic (exact) mass is 468 g/mol. The molecule has 0 heterocycles. The molecule has 0 saturated carbocycles. The highest BCUT2D eigenvalue weighted by atomic mass is 19.4. The van der Waals surface area contributed by atoms with Crippen LogP contribution in [0.3, 0.4) is 0 Å². The van der Waals surface area contributed by atoms with Crippen LogP contribution in [-0.4, -0.2) is 40.5 Å². The molecule has 0 aliphatic heterocycles. The van der Waals surface area contributed by atoms with Gasteiger partial charge in [-0.05, 0) is 36.8 Å². The number of nitrogens with zero attached hydrogens (tertiary/aromatic N) is 1. The fourth-order valence-electron chi connectivity index (χ4n) is 3.04. The first-order valence-corrected chi connectivity index (χ1v) is 9.55. The molecule has 0 aliphatic rings. The number of carbonyl (C=O) groups is 3. The van der Waals surface area contributed by atoms with E-state index in [4.69, 9.17) is 4.74 Å². The summed E-state index contributed by atoms with van der Waals surface area (Å²) in [5.41, 5.74) is -1.28. The minimum atomic E-state index is -4.61. The van der Waals surface area contributed by atoms with Crippen LogP contribution in [0, 0.1) is 10.1 Å². The van der Waals surface area contributed by atoms with Gasteiger partial charge in [-0.2, -0.15) is 13.2 Å². The number of nitrogens with one attached hydrogen (secondary N) is 1. The van der Waals surface area contributed by atoms with E-state index in [9.17, 15) is 42.8 Å². The van der Waals surface area contributed by atoms with Crippen molar-refractivity contribution in [3.05, 3.63) is 75.3 Å². The predicted octanol–water partition coefficient (Wildman–Crippen LogP) is 3.53. The van der Waals surface area contributed by atoms with Gasteiger partial charge in [-0.15, -0.1) is 0 Å². The quantitative estimate of drug-likeness (QED) is 0.326. The Morgan fingerprint density at radius 1 is 1.09 bits per heavy atom. The van der Waals surface area contributed by atoms with Crippen LogP contribution in [0.25, 0.3) is 0 Å². The van der Waals surface area contributed by atoms with E-state index >= 15 is 0 Å². The Hall–Kier alpha value is -3.96. The summed E-state index contributed by atoms with van der Waals surface area (Å²) in [6.07, 6.45) is -5.09. The Kier molecular flexibility index (Phi) is 8.10. The summed E-state index contributed by atoms with van der Waals surface area (Å²) >= 11 is 0. The molecule has 176 valence electrons. The van der Waals surface area contributed by atoms with E-state index in [2.05, 4.69) is 5.32 Å². The predicted molar refractivity (Wildman–Crippen MR) is 107 cm³/mol. The lowest BCUT2D eigenvalue weighted by molar-refractivity contribution is -0.384. The van der Waals surface area contributed by atoms with Crippen LogP contribution >= 0.6 is 0 Å². The van der Waals surface area contributed by atoms with Gasteiger partial charge in [0.2, 0.25) is 0 Å². The lowest BCUT2D eigenvalue weighted by Gasteiger charge is -2.25. The van der Waals surface area contributed by atoms with Gasteiger partial charge in [-0.1, -0.05) is 12.1 Å². The van der Waals surface area contributed by atoms with Crippen molar-refractivity contribution in [3.8, 4) is 0 Å². The maximum atomic E-state index is 12.7. The minimum absolute atomic E-state index is 0.0153. The number of carbonyl (C=O) groups excluding carboxylic acids is 2. The summed E-state index contributed by atoms with van der Waals surface area (Å²) < 4.78 is 43.0. The van der Waals surface area contributed by atoms with E-state index in [0.717, 1.165) is 24.3 Å². The normalized spacial score (nSPS) is 13.0. The Morgan fingerprint density at radius 2 is 1.67 bits per heavy atom. The number of halogens is 3. The van der Waals surface area contributed by atoms with Gasteiger partial charge < -0.3 is 15.2 Å². The number of rotatable bonds is 9. The van der Waals surface area contributed by atoms with E-state index in [1.165, 1.54) is 12.1 Å². The van der Waals surface area contributed by atoms with Gasteiger partial charge in [0, 0.05) is 23.6 Å². The number of ether oxygens (including phenoxy) is 1. The molecule has 2 aromatic carbocycles. The number of carboxylic acids is 1. The van der Waals surface area contributed by atoms with Crippen molar-refractivity contribution < 1.29 is 42.3 Å². The van der Waals surface area contributed by atoms with Crippen molar-refractivity contribution in [2.75, 3.05) is 6.61 Å². The summed E-state index contributed by atoms with van der Waals surface area (Å²) in [4.78, 5) is 46.8. The Labute approximate surface area is 185 Å². The zero-order valence-corrected chi connectivity index (χ0v) is 17.2. The number of aliphatic carboxylic acids is 1. The summed E-state index contributed by atoms with van der Waals surface area (Å²) in [5.74, 6) is -4.45. The number of hydrogen-bond donors (Lipinski definition) is 2.